The standard InChI is InChI=1S/C20H20N2O2/c23-20(22-11-5-8-15-6-1-3-9-18(15)22)14-21-13-17-12-16-7-2-4-10-19(16)24-17/h1-4,6-7,9-10,12,21H,5,8,11,13-14H2. The molecule has 4 heteroatoms. The molecule has 1 aromatic heterocycles. The summed E-state index contributed by atoms with van der Waals surface area (Å²) >= 11 is 0. The monoisotopic (exact) mass is 320 g/mol. The smallest absolute Gasteiger partial charge is 0.240 e. The van der Waals surface area contributed by atoms with Crippen LogP contribution in [0.25, 0.3) is 11.0 Å². The first-order valence-electron chi connectivity index (χ1n) is 8.38. The average molecular weight is 320 g/mol. The number of fused-ring (bicyclic) bond motifs is 2. The van der Waals surface area contributed by atoms with Crippen LogP contribution in [-0.4, -0.2) is 19.0 Å². The van der Waals surface area contributed by atoms with Crippen molar-refractivity contribution in [2.75, 3.05) is 18.0 Å². The number of anilines is 1. The van der Waals surface area contributed by atoms with Gasteiger partial charge < -0.3 is 14.6 Å². The molecule has 0 saturated heterocycles. The van der Waals surface area contributed by atoms with E-state index in [0.717, 1.165) is 41.8 Å². The molecular weight excluding hydrogens is 300 g/mol. The minimum absolute atomic E-state index is 0.110. The van der Waals surface area contributed by atoms with E-state index in [2.05, 4.69) is 11.4 Å². The first kappa shape index (κ1) is 15.0. The topological polar surface area (TPSA) is 45.5 Å². The quantitative estimate of drug-likeness (QED) is 0.800. The number of amides is 1. The van der Waals surface area contributed by atoms with E-state index in [4.69, 9.17) is 4.42 Å². The Balaban J connectivity index is 1.39. The molecule has 2 aromatic carbocycles. The van der Waals surface area contributed by atoms with Crippen LogP contribution in [0.1, 0.15) is 17.7 Å². The van der Waals surface area contributed by atoms with Crippen molar-refractivity contribution in [3.63, 3.8) is 0 Å². The summed E-state index contributed by atoms with van der Waals surface area (Å²) in [6, 6.07) is 18.1. The molecular formula is C20H20N2O2. The third kappa shape index (κ3) is 2.93. The van der Waals surface area contributed by atoms with Crippen LogP contribution in [0.15, 0.2) is 59.0 Å². The Hall–Kier alpha value is -2.59. The summed E-state index contributed by atoms with van der Waals surface area (Å²) < 4.78 is 5.76. The van der Waals surface area contributed by atoms with Crippen LogP contribution in [0.5, 0.6) is 0 Å². The molecule has 122 valence electrons. The number of para-hydroxylation sites is 2. The number of aryl methyl sites for hydroxylation is 1. The fraction of sp³-hybridized carbons (Fsp3) is 0.250. The van der Waals surface area contributed by atoms with E-state index in [1.54, 1.807) is 0 Å². The first-order valence-corrected chi connectivity index (χ1v) is 8.38. The Bertz CT molecular complexity index is 836. The van der Waals surface area contributed by atoms with Crippen LogP contribution in [0, 0.1) is 0 Å². The third-order valence-electron chi connectivity index (χ3n) is 4.46. The maximum atomic E-state index is 12.6. The van der Waals surface area contributed by atoms with Crippen molar-refractivity contribution >= 4 is 22.6 Å². The number of furan rings is 1. The normalized spacial score (nSPS) is 13.9. The lowest BCUT2D eigenvalue weighted by molar-refractivity contribution is -0.117. The van der Waals surface area contributed by atoms with Crippen molar-refractivity contribution in [3.8, 4) is 0 Å². The highest BCUT2D eigenvalue weighted by Crippen LogP contribution is 2.26. The summed E-state index contributed by atoms with van der Waals surface area (Å²) in [5, 5.41) is 4.29. The van der Waals surface area contributed by atoms with E-state index in [1.165, 1.54) is 5.56 Å². The predicted octanol–water partition coefficient (Wildman–Crippen LogP) is 3.50. The maximum Gasteiger partial charge on any atom is 0.240 e. The summed E-state index contributed by atoms with van der Waals surface area (Å²) in [5.74, 6) is 0.960. The molecule has 0 saturated carbocycles. The Morgan fingerprint density at radius 1 is 1.12 bits per heavy atom. The van der Waals surface area contributed by atoms with Crippen LogP contribution in [0.4, 0.5) is 5.69 Å². The fourth-order valence-corrected chi connectivity index (χ4v) is 3.30. The zero-order valence-electron chi connectivity index (χ0n) is 13.5. The number of benzene rings is 2. The van der Waals surface area contributed by atoms with Crippen LogP contribution in [0.3, 0.4) is 0 Å². The summed E-state index contributed by atoms with van der Waals surface area (Å²) in [7, 11) is 0. The number of rotatable bonds is 4. The number of nitrogens with one attached hydrogen (secondary N) is 1. The summed E-state index contributed by atoms with van der Waals surface area (Å²) in [6.07, 6.45) is 2.07. The highest BCUT2D eigenvalue weighted by Gasteiger charge is 2.21. The number of hydrogen-bond donors (Lipinski definition) is 1. The van der Waals surface area contributed by atoms with Gasteiger partial charge in [-0.2, -0.15) is 0 Å². The van der Waals surface area contributed by atoms with E-state index in [1.807, 2.05) is 53.4 Å². The third-order valence-corrected chi connectivity index (χ3v) is 4.46. The van der Waals surface area contributed by atoms with E-state index < -0.39 is 0 Å². The average Bonchev–Trinajstić information content (AvgIpc) is 3.04. The molecule has 3 aromatic rings. The van der Waals surface area contributed by atoms with Gasteiger partial charge in [0.25, 0.3) is 0 Å². The maximum absolute atomic E-state index is 12.6. The molecule has 2 heterocycles. The van der Waals surface area contributed by atoms with Crippen molar-refractivity contribution in [3.05, 3.63) is 65.9 Å². The number of carbonyl (C=O) groups excluding carboxylic acids is 1. The Kier molecular flexibility index (Phi) is 4.05. The van der Waals surface area contributed by atoms with Crippen molar-refractivity contribution < 1.29 is 9.21 Å². The van der Waals surface area contributed by atoms with Crippen LogP contribution < -0.4 is 10.2 Å². The molecule has 4 nitrogen and oxygen atoms in total. The Morgan fingerprint density at radius 2 is 1.96 bits per heavy atom. The van der Waals surface area contributed by atoms with Gasteiger partial charge in [-0.25, -0.2) is 0 Å². The van der Waals surface area contributed by atoms with Gasteiger partial charge in [-0.15, -0.1) is 0 Å². The number of nitrogens with zero attached hydrogens (tertiary/aromatic N) is 1. The zero-order valence-corrected chi connectivity index (χ0v) is 13.5. The molecule has 24 heavy (non-hydrogen) atoms. The molecule has 0 spiro atoms. The molecule has 0 unspecified atom stereocenters. The van der Waals surface area contributed by atoms with Crippen LogP contribution >= 0.6 is 0 Å². The van der Waals surface area contributed by atoms with Gasteiger partial charge in [-0.05, 0) is 36.6 Å². The highest BCUT2D eigenvalue weighted by molar-refractivity contribution is 5.95. The zero-order chi connectivity index (χ0) is 16.4. The fourth-order valence-electron chi connectivity index (χ4n) is 3.30. The van der Waals surface area contributed by atoms with E-state index in [9.17, 15) is 4.79 Å². The van der Waals surface area contributed by atoms with Gasteiger partial charge in [0.2, 0.25) is 5.91 Å². The molecule has 1 aliphatic heterocycles. The lowest BCUT2D eigenvalue weighted by Crippen LogP contribution is -2.41. The van der Waals surface area contributed by atoms with Gasteiger partial charge in [0.15, 0.2) is 0 Å². The van der Waals surface area contributed by atoms with Crippen molar-refractivity contribution in [2.45, 2.75) is 19.4 Å². The predicted molar refractivity (Wildman–Crippen MR) is 95.0 cm³/mol. The second-order valence-electron chi connectivity index (χ2n) is 6.13. The molecule has 1 N–H and O–H groups in total. The second-order valence-corrected chi connectivity index (χ2v) is 6.13. The first-order chi connectivity index (χ1) is 11.8. The van der Waals surface area contributed by atoms with Crippen molar-refractivity contribution in [1.29, 1.82) is 0 Å². The lowest BCUT2D eigenvalue weighted by Gasteiger charge is -2.29. The van der Waals surface area contributed by atoms with E-state index >= 15 is 0 Å². The minimum atomic E-state index is 0.110. The van der Waals surface area contributed by atoms with Crippen LogP contribution in [-0.2, 0) is 17.8 Å². The van der Waals surface area contributed by atoms with Gasteiger partial charge in [0.05, 0.1) is 13.1 Å². The minimum Gasteiger partial charge on any atom is -0.460 e. The Morgan fingerprint density at radius 3 is 2.88 bits per heavy atom. The van der Waals surface area contributed by atoms with Gasteiger partial charge in [-0.1, -0.05) is 36.4 Å². The summed E-state index contributed by atoms with van der Waals surface area (Å²) in [5.41, 5.74) is 3.19. The van der Waals surface area contributed by atoms with Crippen LogP contribution in [0.2, 0.25) is 0 Å². The molecule has 4 rings (SSSR count). The van der Waals surface area contributed by atoms with Gasteiger partial charge in [0, 0.05) is 17.6 Å². The van der Waals surface area contributed by atoms with Crippen molar-refractivity contribution in [1.82, 2.24) is 5.32 Å². The Labute approximate surface area is 141 Å². The largest absolute Gasteiger partial charge is 0.460 e. The number of carbonyl (C=O) groups is 1. The molecule has 0 bridgehead atoms. The molecule has 0 aliphatic carbocycles. The summed E-state index contributed by atoms with van der Waals surface area (Å²) in [4.78, 5) is 14.4. The SMILES string of the molecule is O=C(CNCc1cc2ccccc2o1)N1CCCc2ccccc21. The molecule has 0 radical (unpaired) electrons. The van der Waals surface area contributed by atoms with Crippen molar-refractivity contribution in [2.24, 2.45) is 0 Å². The molecule has 1 aliphatic rings. The highest BCUT2D eigenvalue weighted by atomic mass is 16.3. The van der Waals surface area contributed by atoms with E-state index in [0.29, 0.717) is 13.1 Å². The molecule has 0 atom stereocenters. The summed E-state index contributed by atoms with van der Waals surface area (Å²) in [6.45, 7) is 1.66. The van der Waals surface area contributed by atoms with Gasteiger partial charge in [0.1, 0.15) is 11.3 Å². The van der Waals surface area contributed by atoms with E-state index in [-0.39, 0.29) is 5.91 Å². The lowest BCUT2D eigenvalue weighted by atomic mass is 10.0. The second kappa shape index (κ2) is 6.49. The van der Waals surface area contributed by atoms with Gasteiger partial charge in [-0.3, -0.25) is 4.79 Å². The number of hydrogen-bond acceptors (Lipinski definition) is 3. The molecule has 0 fully saturated rings. The van der Waals surface area contributed by atoms with Gasteiger partial charge >= 0.3 is 0 Å². The molecule has 1 amide bonds.